The van der Waals surface area contributed by atoms with E-state index in [-0.39, 0.29) is 11.5 Å². The van der Waals surface area contributed by atoms with E-state index in [1.54, 1.807) is 84.9 Å². The van der Waals surface area contributed by atoms with Gasteiger partial charge in [-0.25, -0.2) is 19.2 Å². The molecule has 0 aliphatic heterocycles. The first-order valence-corrected chi connectivity index (χ1v) is 22.6. The van der Waals surface area contributed by atoms with E-state index < -0.39 is 23.9 Å². The molecule has 0 aliphatic rings. The monoisotopic (exact) mass is 914 g/mol. The number of esters is 4. The summed E-state index contributed by atoms with van der Waals surface area (Å²) in [6.45, 7) is 3.91. The lowest BCUT2D eigenvalue weighted by atomic mass is 9.92. The van der Waals surface area contributed by atoms with Crippen LogP contribution in [0, 0.1) is 13.8 Å². The molecule has 0 amide bonds. The summed E-state index contributed by atoms with van der Waals surface area (Å²) in [5.41, 5.74) is 8.32. The van der Waals surface area contributed by atoms with Crippen LogP contribution in [-0.2, 0) is 0 Å². The summed E-state index contributed by atoms with van der Waals surface area (Å²) in [5, 5.41) is 3.39. The molecule has 0 atom stereocenters. The Morgan fingerprint density at radius 3 is 0.914 bits per heavy atom. The summed E-state index contributed by atoms with van der Waals surface area (Å²) in [6, 6.07) is 65.8. The zero-order valence-corrected chi connectivity index (χ0v) is 38.1. The fourth-order valence-corrected chi connectivity index (χ4v) is 8.25. The summed E-state index contributed by atoms with van der Waals surface area (Å²) in [4.78, 5) is 53.4. The van der Waals surface area contributed by atoms with E-state index in [4.69, 9.17) is 18.9 Å². The summed E-state index contributed by atoms with van der Waals surface area (Å²) in [7, 11) is 0. The van der Waals surface area contributed by atoms with Crippen molar-refractivity contribution in [2.45, 2.75) is 13.8 Å². The summed E-state index contributed by atoms with van der Waals surface area (Å²) < 4.78 is 23.7. The molecule has 70 heavy (non-hydrogen) atoms. The van der Waals surface area contributed by atoms with Gasteiger partial charge in [-0.3, -0.25) is 0 Å². The number of fused-ring (bicyclic) bond motifs is 2. The van der Waals surface area contributed by atoms with Crippen molar-refractivity contribution >= 4 is 45.4 Å². The largest absolute Gasteiger partial charge is 0.423 e. The smallest absolute Gasteiger partial charge is 0.343 e. The standard InChI is InChI=1S/C62H42O8/c1-39-11-15-47(16-12-39)59(63)67-51-33-27-43(28-34-51)41-19-23-49(24-20-41)61(65)69-55-37-31-45-7-3-5-9-53(45)57(55)58-54-10-6-4-8-46(54)32-38-56(58)70-62(66)50-25-21-42(22-26-50)44-29-35-52(36-30-44)68-60(64)48-17-13-40(2)14-18-48/h3-38H,1-2H3. The average molecular weight is 915 g/mol. The zero-order valence-electron chi connectivity index (χ0n) is 38.1. The van der Waals surface area contributed by atoms with Crippen molar-refractivity contribution in [3.05, 3.63) is 252 Å². The Balaban J connectivity index is 0.889. The number of carbonyl (C=O) groups is 4. The van der Waals surface area contributed by atoms with Crippen LogP contribution in [0.4, 0.5) is 0 Å². The number of hydrogen-bond acceptors (Lipinski definition) is 8. The van der Waals surface area contributed by atoms with Gasteiger partial charge in [-0.2, -0.15) is 0 Å². The molecule has 0 fully saturated rings. The fraction of sp³-hybridized carbons (Fsp3) is 0.0323. The Labute approximate surface area is 403 Å². The van der Waals surface area contributed by atoms with E-state index in [2.05, 4.69) is 0 Å². The van der Waals surface area contributed by atoms with Crippen LogP contribution in [0.3, 0.4) is 0 Å². The predicted molar refractivity (Wildman–Crippen MR) is 273 cm³/mol. The first-order valence-electron chi connectivity index (χ1n) is 22.6. The lowest BCUT2D eigenvalue weighted by Gasteiger charge is -2.19. The Bertz CT molecular complexity index is 3340. The normalized spacial score (nSPS) is 10.9. The van der Waals surface area contributed by atoms with E-state index in [1.807, 2.05) is 147 Å². The maximum absolute atomic E-state index is 14.1. The van der Waals surface area contributed by atoms with Crippen molar-refractivity contribution < 1.29 is 38.1 Å². The number of rotatable bonds is 11. The van der Waals surface area contributed by atoms with Crippen LogP contribution in [0.5, 0.6) is 23.0 Å². The molecule has 0 aromatic heterocycles. The van der Waals surface area contributed by atoms with Gasteiger partial charge in [0.2, 0.25) is 0 Å². The van der Waals surface area contributed by atoms with Gasteiger partial charge in [-0.1, -0.05) is 145 Å². The molecule has 10 aromatic carbocycles. The lowest BCUT2D eigenvalue weighted by Crippen LogP contribution is -2.11. The average Bonchev–Trinajstić information content (AvgIpc) is 3.39. The lowest BCUT2D eigenvalue weighted by molar-refractivity contribution is 0.0723. The summed E-state index contributed by atoms with van der Waals surface area (Å²) in [5.74, 6) is -0.607. The second-order valence-corrected chi connectivity index (χ2v) is 16.8. The molecule has 0 bridgehead atoms. The molecular formula is C62H42O8. The maximum atomic E-state index is 14.1. The molecule has 338 valence electrons. The molecule has 10 rings (SSSR count). The third-order valence-corrected chi connectivity index (χ3v) is 12.0. The van der Waals surface area contributed by atoms with Crippen molar-refractivity contribution in [3.63, 3.8) is 0 Å². The first kappa shape index (κ1) is 44.4. The van der Waals surface area contributed by atoms with E-state index in [0.29, 0.717) is 44.9 Å². The van der Waals surface area contributed by atoms with Crippen molar-refractivity contribution in [2.24, 2.45) is 0 Å². The van der Waals surface area contributed by atoms with E-state index in [0.717, 1.165) is 54.9 Å². The molecule has 0 spiro atoms. The summed E-state index contributed by atoms with van der Waals surface area (Å²) in [6.07, 6.45) is 0. The van der Waals surface area contributed by atoms with Gasteiger partial charge < -0.3 is 18.9 Å². The molecule has 8 heteroatoms. The molecule has 0 heterocycles. The molecule has 0 N–H and O–H groups in total. The molecule has 0 aliphatic carbocycles. The van der Waals surface area contributed by atoms with Gasteiger partial charge in [0.15, 0.2) is 0 Å². The first-order chi connectivity index (χ1) is 34.1. The second-order valence-electron chi connectivity index (χ2n) is 16.8. The fourth-order valence-electron chi connectivity index (χ4n) is 8.25. The van der Waals surface area contributed by atoms with Crippen LogP contribution in [0.2, 0.25) is 0 Å². The number of ether oxygens (including phenoxy) is 4. The minimum absolute atomic E-state index is 0.289. The zero-order chi connectivity index (χ0) is 48.1. The Morgan fingerprint density at radius 1 is 0.286 bits per heavy atom. The highest BCUT2D eigenvalue weighted by Gasteiger charge is 2.23. The molecule has 0 saturated carbocycles. The van der Waals surface area contributed by atoms with Gasteiger partial charge in [0, 0.05) is 11.1 Å². The number of aryl methyl sites for hydroxylation is 2. The van der Waals surface area contributed by atoms with Crippen LogP contribution in [0.25, 0.3) is 54.9 Å². The molecule has 0 radical (unpaired) electrons. The number of carbonyl (C=O) groups excluding carboxylic acids is 4. The molecule has 0 unspecified atom stereocenters. The molecular weight excluding hydrogens is 873 g/mol. The predicted octanol–water partition coefficient (Wildman–Crippen LogP) is 14.5. The van der Waals surface area contributed by atoms with Gasteiger partial charge in [0.1, 0.15) is 23.0 Å². The van der Waals surface area contributed by atoms with Crippen molar-refractivity contribution in [1.29, 1.82) is 0 Å². The van der Waals surface area contributed by atoms with E-state index >= 15 is 0 Å². The molecule has 0 saturated heterocycles. The van der Waals surface area contributed by atoms with Gasteiger partial charge in [-0.15, -0.1) is 0 Å². The van der Waals surface area contributed by atoms with Gasteiger partial charge in [-0.05, 0) is 143 Å². The summed E-state index contributed by atoms with van der Waals surface area (Å²) >= 11 is 0. The quantitative estimate of drug-likeness (QED) is 0.0933. The van der Waals surface area contributed by atoms with Gasteiger partial charge >= 0.3 is 23.9 Å². The van der Waals surface area contributed by atoms with Gasteiger partial charge in [0.05, 0.1) is 22.3 Å². The molecule has 10 aromatic rings. The number of hydrogen-bond donors (Lipinski definition) is 0. The Kier molecular flexibility index (Phi) is 12.3. The van der Waals surface area contributed by atoms with Crippen LogP contribution < -0.4 is 18.9 Å². The topological polar surface area (TPSA) is 105 Å². The van der Waals surface area contributed by atoms with Crippen LogP contribution in [0.1, 0.15) is 52.6 Å². The highest BCUT2D eigenvalue weighted by molar-refractivity contribution is 6.11. The van der Waals surface area contributed by atoms with Crippen molar-refractivity contribution in [1.82, 2.24) is 0 Å². The van der Waals surface area contributed by atoms with Gasteiger partial charge in [0.25, 0.3) is 0 Å². The van der Waals surface area contributed by atoms with Crippen LogP contribution in [0.15, 0.2) is 218 Å². The maximum Gasteiger partial charge on any atom is 0.343 e. The Hall–Kier alpha value is -9.40. The van der Waals surface area contributed by atoms with Crippen molar-refractivity contribution in [2.75, 3.05) is 0 Å². The third-order valence-electron chi connectivity index (χ3n) is 12.0. The third kappa shape index (κ3) is 9.56. The van der Waals surface area contributed by atoms with Crippen molar-refractivity contribution in [3.8, 4) is 56.4 Å². The minimum atomic E-state index is -0.571. The highest BCUT2D eigenvalue weighted by Crippen LogP contribution is 2.46. The Morgan fingerprint density at radius 2 is 0.571 bits per heavy atom. The highest BCUT2D eigenvalue weighted by atomic mass is 16.5. The van der Waals surface area contributed by atoms with Crippen LogP contribution in [-0.4, -0.2) is 23.9 Å². The SMILES string of the molecule is Cc1ccc(C(=O)Oc2ccc(-c3ccc(C(=O)Oc4ccc5ccccc5c4-c4c(OC(=O)c5ccc(-c6ccc(OC(=O)c7ccc(C)cc7)cc6)cc5)ccc5ccccc45)cc3)cc2)cc1. The van der Waals surface area contributed by atoms with Crippen LogP contribution >= 0.6 is 0 Å². The minimum Gasteiger partial charge on any atom is -0.423 e. The van der Waals surface area contributed by atoms with E-state index in [1.165, 1.54) is 0 Å². The number of benzene rings is 10. The molecule has 8 nitrogen and oxygen atoms in total. The van der Waals surface area contributed by atoms with E-state index in [9.17, 15) is 19.2 Å². The second kappa shape index (κ2) is 19.4.